The smallest absolute Gasteiger partial charge is 0.237 e. The summed E-state index contributed by atoms with van der Waals surface area (Å²) in [6.07, 6.45) is 1.49. The van der Waals surface area contributed by atoms with Crippen LogP contribution in [0.3, 0.4) is 0 Å². The van der Waals surface area contributed by atoms with Gasteiger partial charge in [-0.3, -0.25) is 4.79 Å². The van der Waals surface area contributed by atoms with Crippen LogP contribution in [0.1, 0.15) is 6.42 Å². The van der Waals surface area contributed by atoms with Gasteiger partial charge < -0.3 is 20.9 Å². The summed E-state index contributed by atoms with van der Waals surface area (Å²) in [5.74, 6) is -1.47. The Labute approximate surface area is 132 Å². The van der Waals surface area contributed by atoms with Gasteiger partial charge in [-0.2, -0.15) is 11.8 Å². The number of nitrogens with one attached hydrogen (secondary N) is 1. The number of aliphatic hydroxyl groups excluding tert-OH is 1. The average Bonchev–Trinajstić information content (AvgIpc) is 2.51. The molecular weight excluding hydrogens is 314 g/mol. The van der Waals surface area contributed by atoms with Crippen LogP contribution in [-0.2, 0) is 4.79 Å². The molecule has 5 nitrogen and oxygen atoms in total. The van der Waals surface area contributed by atoms with Crippen molar-refractivity contribution in [3.05, 3.63) is 29.8 Å². The Morgan fingerprint density at radius 3 is 2.82 bits per heavy atom. The van der Waals surface area contributed by atoms with Crippen molar-refractivity contribution in [1.29, 1.82) is 0 Å². The fourth-order valence-corrected chi connectivity index (χ4v) is 2.03. The summed E-state index contributed by atoms with van der Waals surface area (Å²) in [6, 6.07) is 2.46. The number of ether oxygens (including phenoxy) is 1. The van der Waals surface area contributed by atoms with Crippen LogP contribution < -0.4 is 15.8 Å². The lowest BCUT2D eigenvalue weighted by molar-refractivity contribution is -0.122. The number of hydrogen-bond donors (Lipinski definition) is 3. The molecule has 0 spiro atoms. The number of amides is 1. The van der Waals surface area contributed by atoms with E-state index >= 15 is 0 Å². The molecule has 0 heterocycles. The second-order valence-corrected chi connectivity index (χ2v) is 5.66. The number of carbonyl (C=O) groups excluding carboxylic acids is 1. The molecule has 124 valence electrons. The highest BCUT2D eigenvalue weighted by Crippen LogP contribution is 2.15. The first kappa shape index (κ1) is 18.7. The molecule has 1 amide bonds. The average molecular weight is 334 g/mol. The molecular formula is C14H20F2N2O3S. The minimum absolute atomic E-state index is 0.0323. The first-order valence-corrected chi connectivity index (χ1v) is 8.11. The maximum atomic E-state index is 13.0. The normalized spacial score (nSPS) is 13.5. The third-order valence-electron chi connectivity index (χ3n) is 2.82. The molecule has 1 aromatic carbocycles. The van der Waals surface area contributed by atoms with E-state index in [-0.39, 0.29) is 24.8 Å². The van der Waals surface area contributed by atoms with Crippen LogP contribution in [0, 0.1) is 11.6 Å². The van der Waals surface area contributed by atoms with Crippen molar-refractivity contribution in [2.24, 2.45) is 5.73 Å². The zero-order valence-corrected chi connectivity index (χ0v) is 13.0. The predicted octanol–water partition coefficient (Wildman–Crippen LogP) is 0.901. The quantitative estimate of drug-likeness (QED) is 0.625. The van der Waals surface area contributed by atoms with Gasteiger partial charge in [0.15, 0.2) is 11.6 Å². The van der Waals surface area contributed by atoms with Crippen molar-refractivity contribution in [1.82, 2.24) is 5.32 Å². The van der Waals surface area contributed by atoms with Crippen molar-refractivity contribution in [3.63, 3.8) is 0 Å². The predicted molar refractivity (Wildman–Crippen MR) is 81.8 cm³/mol. The molecule has 0 saturated carbocycles. The number of rotatable bonds is 9. The van der Waals surface area contributed by atoms with Gasteiger partial charge in [-0.05, 0) is 30.6 Å². The van der Waals surface area contributed by atoms with Crippen molar-refractivity contribution in [3.8, 4) is 5.75 Å². The summed E-state index contributed by atoms with van der Waals surface area (Å²) in [5.41, 5.74) is 5.67. The minimum Gasteiger partial charge on any atom is -0.491 e. The molecule has 0 saturated heterocycles. The van der Waals surface area contributed by atoms with E-state index < -0.39 is 23.8 Å². The van der Waals surface area contributed by atoms with Crippen LogP contribution in [0.4, 0.5) is 8.78 Å². The van der Waals surface area contributed by atoms with Gasteiger partial charge in [0, 0.05) is 12.6 Å². The highest BCUT2D eigenvalue weighted by atomic mass is 32.2. The first-order valence-electron chi connectivity index (χ1n) is 6.72. The number of halogens is 2. The molecule has 0 aromatic heterocycles. The van der Waals surface area contributed by atoms with E-state index in [9.17, 15) is 18.7 Å². The monoisotopic (exact) mass is 334 g/mol. The van der Waals surface area contributed by atoms with Gasteiger partial charge in [-0.15, -0.1) is 0 Å². The lowest BCUT2D eigenvalue weighted by atomic mass is 10.2. The van der Waals surface area contributed by atoms with Crippen LogP contribution in [0.25, 0.3) is 0 Å². The lowest BCUT2D eigenvalue weighted by Gasteiger charge is -2.15. The molecule has 8 heteroatoms. The van der Waals surface area contributed by atoms with Gasteiger partial charge in [-0.25, -0.2) is 8.78 Å². The second-order valence-electron chi connectivity index (χ2n) is 4.67. The van der Waals surface area contributed by atoms with Crippen molar-refractivity contribution < 1.29 is 23.4 Å². The second kappa shape index (κ2) is 9.60. The summed E-state index contributed by atoms with van der Waals surface area (Å²) >= 11 is 1.59. The first-order chi connectivity index (χ1) is 10.4. The van der Waals surface area contributed by atoms with Crippen LogP contribution in [0.5, 0.6) is 5.75 Å². The van der Waals surface area contributed by atoms with Gasteiger partial charge in [0.2, 0.25) is 5.91 Å². The van der Waals surface area contributed by atoms with Crippen molar-refractivity contribution in [2.75, 3.05) is 25.2 Å². The van der Waals surface area contributed by atoms with E-state index in [0.29, 0.717) is 6.42 Å². The zero-order valence-electron chi connectivity index (χ0n) is 12.2. The maximum absolute atomic E-state index is 13.0. The van der Waals surface area contributed by atoms with Gasteiger partial charge in [0.25, 0.3) is 0 Å². The van der Waals surface area contributed by atoms with Crippen LogP contribution >= 0.6 is 11.8 Å². The summed E-state index contributed by atoms with van der Waals surface area (Å²) in [6.45, 7) is -0.194. The number of nitrogens with two attached hydrogens (primary N) is 1. The highest BCUT2D eigenvalue weighted by Gasteiger charge is 2.14. The molecule has 4 N–H and O–H groups in total. The van der Waals surface area contributed by atoms with Crippen LogP contribution in [0.2, 0.25) is 0 Å². The summed E-state index contributed by atoms with van der Waals surface area (Å²) in [5, 5.41) is 12.2. The van der Waals surface area contributed by atoms with Crippen molar-refractivity contribution >= 4 is 17.7 Å². The van der Waals surface area contributed by atoms with Crippen molar-refractivity contribution in [2.45, 2.75) is 18.6 Å². The molecule has 0 fully saturated rings. The number of carbonyl (C=O) groups is 1. The van der Waals surface area contributed by atoms with Gasteiger partial charge in [0.05, 0.1) is 6.04 Å². The summed E-state index contributed by atoms with van der Waals surface area (Å²) in [7, 11) is 0. The zero-order chi connectivity index (χ0) is 16.5. The number of hydrogen-bond acceptors (Lipinski definition) is 5. The standard InChI is InChI=1S/C14H20F2N2O3S/c1-22-5-4-13(17)14(20)18-7-9(19)8-21-10-2-3-11(15)12(16)6-10/h2-3,6,9,13,19H,4-5,7-8,17H2,1H3,(H,18,20)/t9?,13-/m0/s1. The minimum atomic E-state index is -1.03. The molecule has 0 aliphatic rings. The van der Waals surface area contributed by atoms with E-state index in [1.165, 1.54) is 6.07 Å². The fourth-order valence-electron chi connectivity index (χ4n) is 1.54. The molecule has 22 heavy (non-hydrogen) atoms. The highest BCUT2D eigenvalue weighted by molar-refractivity contribution is 7.98. The van der Waals surface area contributed by atoms with E-state index in [1.54, 1.807) is 11.8 Å². The van der Waals surface area contributed by atoms with Gasteiger partial charge in [-0.1, -0.05) is 0 Å². The van der Waals surface area contributed by atoms with Gasteiger partial charge in [0.1, 0.15) is 18.5 Å². The summed E-state index contributed by atoms with van der Waals surface area (Å²) in [4.78, 5) is 11.6. The molecule has 1 rings (SSSR count). The summed E-state index contributed by atoms with van der Waals surface area (Å²) < 4.78 is 30.8. The van der Waals surface area contributed by atoms with E-state index in [1.807, 2.05) is 6.26 Å². The van der Waals surface area contributed by atoms with E-state index in [4.69, 9.17) is 10.5 Å². The number of thioether (sulfide) groups is 1. The Hall–Kier alpha value is -1.38. The lowest BCUT2D eigenvalue weighted by Crippen LogP contribution is -2.44. The largest absolute Gasteiger partial charge is 0.491 e. The topological polar surface area (TPSA) is 84.6 Å². The Kier molecular flexibility index (Phi) is 8.15. The molecule has 1 aromatic rings. The van der Waals surface area contributed by atoms with E-state index in [2.05, 4.69) is 5.32 Å². The number of aliphatic hydroxyl groups is 1. The Balaban J connectivity index is 2.29. The third-order valence-corrected chi connectivity index (χ3v) is 3.46. The maximum Gasteiger partial charge on any atom is 0.237 e. The Morgan fingerprint density at radius 1 is 1.45 bits per heavy atom. The molecule has 0 aliphatic carbocycles. The molecule has 0 aliphatic heterocycles. The Bertz CT molecular complexity index is 491. The fraction of sp³-hybridized carbons (Fsp3) is 0.500. The molecule has 0 bridgehead atoms. The van der Waals surface area contributed by atoms with Crippen LogP contribution in [0.15, 0.2) is 18.2 Å². The molecule has 2 atom stereocenters. The molecule has 0 radical (unpaired) electrons. The van der Waals surface area contributed by atoms with E-state index in [0.717, 1.165) is 17.9 Å². The number of benzene rings is 1. The molecule has 1 unspecified atom stereocenters. The van der Waals surface area contributed by atoms with Gasteiger partial charge >= 0.3 is 0 Å². The third kappa shape index (κ3) is 6.59. The SMILES string of the molecule is CSCC[C@H](N)C(=O)NCC(O)COc1ccc(F)c(F)c1. The van der Waals surface area contributed by atoms with Crippen LogP contribution in [-0.4, -0.2) is 48.3 Å². The Morgan fingerprint density at radius 2 is 2.18 bits per heavy atom.